The van der Waals surface area contributed by atoms with Crippen LogP contribution in [0.2, 0.25) is 0 Å². The summed E-state index contributed by atoms with van der Waals surface area (Å²) in [5.74, 6) is 1.04. The molecule has 7 nitrogen and oxygen atoms in total. The van der Waals surface area contributed by atoms with E-state index >= 15 is 0 Å². The van der Waals surface area contributed by atoms with Gasteiger partial charge in [-0.25, -0.2) is 4.39 Å². The molecule has 1 atom stereocenters. The number of rotatable bonds is 10. The maximum Gasteiger partial charge on any atom is 0.287 e. The Morgan fingerprint density at radius 2 is 1.97 bits per heavy atom. The lowest BCUT2D eigenvalue weighted by molar-refractivity contribution is -0.134. The number of hydrogen-bond donors (Lipinski definition) is 1. The van der Waals surface area contributed by atoms with Gasteiger partial charge in [-0.1, -0.05) is 32.0 Å². The molecule has 202 valence electrons. The highest BCUT2D eigenvalue weighted by atomic mass is 19.1. The summed E-state index contributed by atoms with van der Waals surface area (Å²) in [5, 5.41) is 2.83. The summed E-state index contributed by atoms with van der Waals surface area (Å²) in [7, 11) is 3.88. The van der Waals surface area contributed by atoms with Crippen LogP contribution in [0.4, 0.5) is 4.39 Å². The summed E-state index contributed by atoms with van der Waals surface area (Å²) >= 11 is 0. The third-order valence-electron chi connectivity index (χ3n) is 6.52. The molecule has 2 heterocycles. The van der Waals surface area contributed by atoms with E-state index in [4.69, 9.17) is 9.15 Å². The summed E-state index contributed by atoms with van der Waals surface area (Å²) in [6.45, 7) is 6.02. The Morgan fingerprint density at radius 3 is 2.71 bits per heavy atom. The predicted octanol–water partition coefficient (Wildman–Crippen LogP) is 4.81. The molecule has 0 aliphatic carbocycles. The van der Waals surface area contributed by atoms with E-state index < -0.39 is 6.04 Å². The van der Waals surface area contributed by atoms with Crippen LogP contribution >= 0.6 is 0 Å². The first kappa shape index (κ1) is 27.4. The molecule has 0 radical (unpaired) electrons. The number of ether oxygens (including phenoxy) is 1. The fourth-order valence-electron chi connectivity index (χ4n) is 4.67. The zero-order chi connectivity index (χ0) is 27.2. The molecule has 1 aromatic heterocycles. The van der Waals surface area contributed by atoms with Crippen LogP contribution in [0, 0.1) is 11.7 Å². The van der Waals surface area contributed by atoms with Gasteiger partial charge in [0.1, 0.15) is 23.9 Å². The van der Waals surface area contributed by atoms with Crippen LogP contribution in [-0.4, -0.2) is 55.3 Å². The lowest BCUT2D eigenvalue weighted by Gasteiger charge is -2.38. The minimum Gasteiger partial charge on any atom is -0.486 e. The largest absolute Gasteiger partial charge is 0.486 e. The molecule has 1 N–H and O–H groups in total. The third kappa shape index (κ3) is 6.81. The second kappa shape index (κ2) is 12.3. The number of halogens is 1. The second-order valence-electron chi connectivity index (χ2n) is 10.4. The third-order valence-corrected chi connectivity index (χ3v) is 6.52. The standard InChI is InChI=1S/C30H36FN3O4/c1-20(2)16-28(35)34-14-12-21-8-9-24(18-26(21)29(34)22-6-5-7-23(31)17-22)37-19-25-10-11-27(38-25)30(36)32-13-15-33(3)4/h5-11,17-18,20,29H,12-16,19H2,1-4H3,(H,32,36)/t29-/m0/s1. The zero-order valence-corrected chi connectivity index (χ0v) is 22.5. The number of amides is 2. The molecule has 2 amide bonds. The molecule has 0 saturated heterocycles. The normalized spacial score (nSPS) is 15.0. The van der Waals surface area contributed by atoms with Crippen LogP contribution in [0.15, 0.2) is 59.0 Å². The number of furan rings is 1. The van der Waals surface area contributed by atoms with Crippen molar-refractivity contribution in [3.63, 3.8) is 0 Å². The van der Waals surface area contributed by atoms with Crippen molar-refractivity contribution in [2.45, 2.75) is 39.3 Å². The Bertz CT molecular complexity index is 1270. The fraction of sp³-hybridized carbons (Fsp3) is 0.400. The number of nitrogens with zero attached hydrogens (tertiary/aromatic N) is 2. The lowest BCUT2D eigenvalue weighted by Crippen LogP contribution is -2.41. The van der Waals surface area contributed by atoms with E-state index in [1.165, 1.54) is 12.1 Å². The number of carbonyl (C=O) groups excluding carboxylic acids is 2. The monoisotopic (exact) mass is 521 g/mol. The Labute approximate surface area is 223 Å². The molecule has 2 aromatic carbocycles. The van der Waals surface area contributed by atoms with Crippen LogP contribution in [0.3, 0.4) is 0 Å². The van der Waals surface area contributed by atoms with Crippen LogP contribution in [-0.2, 0) is 17.8 Å². The Balaban J connectivity index is 1.52. The average molecular weight is 522 g/mol. The van der Waals surface area contributed by atoms with Gasteiger partial charge in [0, 0.05) is 26.1 Å². The molecule has 3 aromatic rings. The quantitative estimate of drug-likeness (QED) is 0.415. The van der Waals surface area contributed by atoms with Crippen molar-refractivity contribution in [3.05, 3.63) is 88.6 Å². The van der Waals surface area contributed by atoms with Crippen LogP contribution in [0.25, 0.3) is 0 Å². The molecule has 0 fully saturated rings. The van der Waals surface area contributed by atoms with Crippen molar-refractivity contribution in [3.8, 4) is 5.75 Å². The summed E-state index contributed by atoms with van der Waals surface area (Å²) in [4.78, 5) is 29.3. The molecule has 4 rings (SSSR count). The topological polar surface area (TPSA) is 75.0 Å². The molecule has 38 heavy (non-hydrogen) atoms. The number of benzene rings is 2. The highest BCUT2D eigenvalue weighted by Gasteiger charge is 2.32. The van der Waals surface area contributed by atoms with Crippen molar-refractivity contribution in [2.75, 3.05) is 33.7 Å². The molecule has 1 aliphatic rings. The smallest absolute Gasteiger partial charge is 0.287 e. The Morgan fingerprint density at radius 1 is 1.16 bits per heavy atom. The van der Waals surface area contributed by atoms with Gasteiger partial charge in [-0.2, -0.15) is 0 Å². The van der Waals surface area contributed by atoms with Crippen molar-refractivity contribution in [1.29, 1.82) is 0 Å². The van der Waals surface area contributed by atoms with Gasteiger partial charge in [0.15, 0.2) is 5.76 Å². The highest BCUT2D eigenvalue weighted by Crippen LogP contribution is 2.38. The van der Waals surface area contributed by atoms with E-state index in [9.17, 15) is 14.0 Å². The van der Waals surface area contributed by atoms with Gasteiger partial charge in [0.2, 0.25) is 5.91 Å². The Kier molecular flexibility index (Phi) is 8.84. The molecule has 0 unspecified atom stereocenters. The summed E-state index contributed by atoms with van der Waals surface area (Å²) in [5.41, 5.74) is 2.77. The number of carbonyl (C=O) groups is 2. The summed E-state index contributed by atoms with van der Waals surface area (Å²) in [6.07, 6.45) is 1.15. The number of likely N-dealkylation sites (N-methyl/N-ethyl adjacent to an activating group) is 1. The minimum atomic E-state index is -0.398. The molecular weight excluding hydrogens is 485 g/mol. The lowest BCUT2D eigenvalue weighted by atomic mass is 9.87. The highest BCUT2D eigenvalue weighted by molar-refractivity contribution is 5.91. The van der Waals surface area contributed by atoms with E-state index in [-0.39, 0.29) is 35.9 Å². The average Bonchev–Trinajstić information content (AvgIpc) is 3.35. The minimum absolute atomic E-state index is 0.0539. The zero-order valence-electron chi connectivity index (χ0n) is 22.5. The maximum atomic E-state index is 14.2. The van der Waals surface area contributed by atoms with E-state index in [2.05, 4.69) is 5.32 Å². The van der Waals surface area contributed by atoms with Crippen molar-refractivity contribution >= 4 is 11.8 Å². The van der Waals surface area contributed by atoms with Crippen molar-refractivity contribution < 1.29 is 23.1 Å². The first-order valence-electron chi connectivity index (χ1n) is 13.0. The van der Waals surface area contributed by atoms with E-state index in [0.717, 1.165) is 29.7 Å². The molecular formula is C30H36FN3O4. The van der Waals surface area contributed by atoms with Crippen molar-refractivity contribution in [2.24, 2.45) is 5.92 Å². The van der Waals surface area contributed by atoms with Gasteiger partial charge in [-0.15, -0.1) is 0 Å². The van der Waals surface area contributed by atoms with Gasteiger partial charge in [0.25, 0.3) is 5.91 Å². The molecule has 0 bridgehead atoms. The SMILES string of the molecule is CC(C)CC(=O)N1CCc2ccc(OCc3ccc(C(=O)NCCN(C)C)o3)cc2[C@@H]1c1cccc(F)c1. The van der Waals surface area contributed by atoms with E-state index in [0.29, 0.717) is 31.0 Å². The number of hydrogen-bond acceptors (Lipinski definition) is 5. The number of fused-ring (bicyclic) bond motifs is 1. The summed E-state index contributed by atoms with van der Waals surface area (Å²) < 4.78 is 25.9. The maximum absolute atomic E-state index is 14.2. The predicted molar refractivity (Wildman–Crippen MR) is 143 cm³/mol. The van der Waals surface area contributed by atoms with Crippen LogP contribution in [0.1, 0.15) is 59.3 Å². The first-order chi connectivity index (χ1) is 18.2. The van der Waals surface area contributed by atoms with Gasteiger partial charge < -0.3 is 24.3 Å². The van der Waals surface area contributed by atoms with Crippen molar-refractivity contribution in [1.82, 2.24) is 15.1 Å². The Hall–Kier alpha value is -3.65. The van der Waals surface area contributed by atoms with Gasteiger partial charge in [0.05, 0.1) is 6.04 Å². The molecule has 0 saturated carbocycles. The van der Waals surface area contributed by atoms with Gasteiger partial charge in [-0.05, 0) is 79.5 Å². The fourth-order valence-corrected chi connectivity index (χ4v) is 4.67. The molecule has 1 aliphatic heterocycles. The second-order valence-corrected chi connectivity index (χ2v) is 10.4. The van der Waals surface area contributed by atoms with Gasteiger partial charge >= 0.3 is 0 Å². The molecule has 8 heteroatoms. The van der Waals surface area contributed by atoms with Crippen LogP contribution in [0.5, 0.6) is 5.75 Å². The van der Waals surface area contributed by atoms with Crippen LogP contribution < -0.4 is 10.1 Å². The molecule has 0 spiro atoms. The van der Waals surface area contributed by atoms with Gasteiger partial charge in [-0.3, -0.25) is 9.59 Å². The number of nitrogens with one attached hydrogen (secondary N) is 1. The first-order valence-corrected chi connectivity index (χ1v) is 13.0. The van der Waals surface area contributed by atoms with E-state index in [1.54, 1.807) is 18.2 Å². The van der Waals surface area contributed by atoms with E-state index in [1.807, 2.05) is 62.0 Å². The summed E-state index contributed by atoms with van der Waals surface area (Å²) in [6, 6.07) is 15.2.